The van der Waals surface area contributed by atoms with Crippen LogP contribution in [0.4, 0.5) is 25.8 Å². The molecule has 0 spiro atoms. The molecule has 0 bridgehead atoms. The number of nitrogens with zero attached hydrogens (tertiary/aromatic N) is 1. The van der Waals surface area contributed by atoms with Crippen molar-refractivity contribution >= 4 is 33.0 Å². The van der Waals surface area contributed by atoms with Gasteiger partial charge in [-0.15, -0.1) is 0 Å². The number of rotatable bonds is 3. The van der Waals surface area contributed by atoms with Crippen molar-refractivity contribution in [1.82, 2.24) is 0 Å². The van der Waals surface area contributed by atoms with E-state index in [9.17, 15) is 8.78 Å². The fraction of sp³-hybridized carbons (Fsp3) is 0.0714. The Bertz CT molecular complexity index is 696. The van der Waals surface area contributed by atoms with Crippen molar-refractivity contribution in [3.63, 3.8) is 0 Å². The Morgan fingerprint density at radius 1 is 1.20 bits per heavy atom. The van der Waals surface area contributed by atoms with Crippen molar-refractivity contribution in [1.29, 1.82) is 5.26 Å². The third kappa shape index (κ3) is 3.06. The zero-order chi connectivity index (χ0) is 14.7. The van der Waals surface area contributed by atoms with Gasteiger partial charge in [-0.05, 0) is 45.8 Å². The molecule has 2 aromatic rings. The Morgan fingerprint density at radius 3 is 2.65 bits per heavy atom. The summed E-state index contributed by atoms with van der Waals surface area (Å²) in [5, 5.41) is 11.5. The van der Waals surface area contributed by atoms with E-state index >= 15 is 0 Å². The molecule has 0 unspecified atom stereocenters. The Hall–Kier alpha value is -2.13. The van der Waals surface area contributed by atoms with Crippen LogP contribution in [0.25, 0.3) is 0 Å². The molecular weight excluding hydrogens is 328 g/mol. The molecule has 0 aliphatic heterocycles. The Balaban J connectivity index is 2.33. The molecule has 0 radical (unpaired) electrons. The molecule has 0 heterocycles. The van der Waals surface area contributed by atoms with E-state index in [0.29, 0.717) is 16.9 Å². The van der Waals surface area contributed by atoms with Gasteiger partial charge in [-0.2, -0.15) is 5.26 Å². The standard InChI is InChI=1S/C14H10BrF2N3/c15-10-6-12(17)14(7-11(10)16)20-9-1-2-13(19)8(5-9)3-4-18/h1-2,5-7,20H,3,19H2. The molecule has 102 valence electrons. The second-order valence-corrected chi connectivity index (χ2v) is 4.97. The highest BCUT2D eigenvalue weighted by molar-refractivity contribution is 9.10. The summed E-state index contributed by atoms with van der Waals surface area (Å²) in [6, 6.07) is 8.98. The fourth-order valence-corrected chi connectivity index (χ4v) is 2.01. The van der Waals surface area contributed by atoms with E-state index in [1.165, 1.54) is 0 Å². The largest absolute Gasteiger partial charge is 0.398 e. The smallest absolute Gasteiger partial charge is 0.147 e. The van der Waals surface area contributed by atoms with E-state index in [1.807, 2.05) is 6.07 Å². The topological polar surface area (TPSA) is 61.8 Å². The van der Waals surface area contributed by atoms with E-state index in [2.05, 4.69) is 21.2 Å². The maximum Gasteiger partial charge on any atom is 0.147 e. The summed E-state index contributed by atoms with van der Waals surface area (Å²) in [6.45, 7) is 0. The number of nitrogens with one attached hydrogen (secondary N) is 1. The molecule has 0 atom stereocenters. The minimum Gasteiger partial charge on any atom is -0.398 e. The summed E-state index contributed by atoms with van der Waals surface area (Å²) >= 11 is 2.91. The van der Waals surface area contributed by atoms with Crippen molar-refractivity contribution in [2.24, 2.45) is 0 Å². The zero-order valence-electron chi connectivity index (χ0n) is 10.3. The van der Waals surface area contributed by atoms with Crippen LogP contribution in [0.15, 0.2) is 34.8 Å². The van der Waals surface area contributed by atoms with E-state index in [1.54, 1.807) is 18.2 Å². The average Bonchev–Trinajstić information content (AvgIpc) is 2.40. The van der Waals surface area contributed by atoms with E-state index in [-0.39, 0.29) is 16.6 Å². The van der Waals surface area contributed by atoms with Gasteiger partial charge in [0, 0.05) is 17.4 Å². The molecule has 2 rings (SSSR count). The highest BCUT2D eigenvalue weighted by atomic mass is 79.9. The van der Waals surface area contributed by atoms with Gasteiger partial charge in [0.1, 0.15) is 11.6 Å². The van der Waals surface area contributed by atoms with Gasteiger partial charge in [0.15, 0.2) is 0 Å². The molecule has 0 fully saturated rings. The quantitative estimate of drug-likeness (QED) is 0.654. The van der Waals surface area contributed by atoms with Crippen LogP contribution in [0.5, 0.6) is 0 Å². The van der Waals surface area contributed by atoms with Gasteiger partial charge in [-0.3, -0.25) is 0 Å². The van der Waals surface area contributed by atoms with E-state index in [0.717, 1.165) is 12.1 Å². The lowest BCUT2D eigenvalue weighted by atomic mass is 10.1. The first-order valence-electron chi connectivity index (χ1n) is 5.68. The summed E-state index contributed by atoms with van der Waals surface area (Å²) in [6.07, 6.45) is 0.151. The van der Waals surface area contributed by atoms with Gasteiger partial charge < -0.3 is 11.1 Å². The minimum absolute atomic E-state index is 0.0124. The van der Waals surface area contributed by atoms with Crippen LogP contribution >= 0.6 is 15.9 Å². The molecule has 0 aliphatic carbocycles. The second kappa shape index (κ2) is 5.88. The Labute approximate surface area is 123 Å². The summed E-state index contributed by atoms with van der Waals surface area (Å²) in [4.78, 5) is 0. The predicted molar refractivity (Wildman–Crippen MR) is 77.5 cm³/mol. The van der Waals surface area contributed by atoms with Crippen molar-refractivity contribution in [2.75, 3.05) is 11.1 Å². The van der Waals surface area contributed by atoms with Gasteiger partial charge in [0.2, 0.25) is 0 Å². The Morgan fingerprint density at radius 2 is 1.95 bits per heavy atom. The molecule has 3 N–H and O–H groups in total. The third-order valence-electron chi connectivity index (χ3n) is 2.70. The van der Waals surface area contributed by atoms with Gasteiger partial charge in [0.05, 0.1) is 22.7 Å². The second-order valence-electron chi connectivity index (χ2n) is 4.12. The van der Waals surface area contributed by atoms with Gasteiger partial charge >= 0.3 is 0 Å². The molecular formula is C14H10BrF2N3. The van der Waals surface area contributed by atoms with Crippen LogP contribution in [-0.2, 0) is 6.42 Å². The fourth-order valence-electron chi connectivity index (χ4n) is 1.70. The number of hydrogen-bond acceptors (Lipinski definition) is 3. The summed E-state index contributed by atoms with van der Waals surface area (Å²) < 4.78 is 27.2. The lowest BCUT2D eigenvalue weighted by Gasteiger charge is -2.10. The van der Waals surface area contributed by atoms with Crippen LogP contribution < -0.4 is 11.1 Å². The third-order valence-corrected chi connectivity index (χ3v) is 3.31. The monoisotopic (exact) mass is 337 g/mol. The lowest BCUT2D eigenvalue weighted by Crippen LogP contribution is -1.99. The number of hydrogen-bond donors (Lipinski definition) is 2. The number of nitriles is 1. The number of benzene rings is 2. The first kappa shape index (κ1) is 14.3. The zero-order valence-corrected chi connectivity index (χ0v) is 11.8. The molecule has 20 heavy (non-hydrogen) atoms. The number of nitrogens with two attached hydrogens (primary N) is 1. The molecule has 0 aromatic heterocycles. The molecule has 3 nitrogen and oxygen atoms in total. The van der Waals surface area contributed by atoms with E-state index < -0.39 is 11.6 Å². The Kier molecular flexibility index (Phi) is 4.20. The number of nitrogen functional groups attached to an aromatic ring is 1. The molecule has 0 saturated heterocycles. The number of halogens is 3. The minimum atomic E-state index is -0.586. The number of anilines is 3. The van der Waals surface area contributed by atoms with Crippen molar-refractivity contribution in [3.8, 4) is 6.07 Å². The van der Waals surface area contributed by atoms with Gasteiger partial charge in [-0.25, -0.2) is 8.78 Å². The first-order chi connectivity index (χ1) is 9.51. The normalized spacial score (nSPS) is 10.1. The maximum absolute atomic E-state index is 13.7. The molecule has 2 aromatic carbocycles. The van der Waals surface area contributed by atoms with Crippen LogP contribution in [0.1, 0.15) is 5.56 Å². The average molecular weight is 338 g/mol. The van der Waals surface area contributed by atoms with Gasteiger partial charge in [-0.1, -0.05) is 0 Å². The van der Waals surface area contributed by atoms with Crippen LogP contribution in [0.2, 0.25) is 0 Å². The maximum atomic E-state index is 13.7. The molecule has 6 heteroatoms. The van der Waals surface area contributed by atoms with Crippen LogP contribution in [0.3, 0.4) is 0 Å². The SMILES string of the molecule is N#CCc1cc(Nc2cc(F)c(Br)cc2F)ccc1N. The predicted octanol–water partition coefficient (Wildman–Crippen LogP) is 4.12. The first-order valence-corrected chi connectivity index (χ1v) is 6.47. The lowest BCUT2D eigenvalue weighted by molar-refractivity contribution is 0.598. The van der Waals surface area contributed by atoms with Crippen LogP contribution in [0, 0.1) is 23.0 Å². The summed E-state index contributed by atoms with van der Waals surface area (Å²) in [5.41, 5.74) is 7.39. The summed E-state index contributed by atoms with van der Waals surface area (Å²) in [5.74, 6) is -1.15. The molecule has 0 saturated carbocycles. The van der Waals surface area contributed by atoms with Crippen molar-refractivity contribution < 1.29 is 8.78 Å². The highest BCUT2D eigenvalue weighted by Gasteiger charge is 2.09. The van der Waals surface area contributed by atoms with Crippen molar-refractivity contribution in [3.05, 3.63) is 52.0 Å². The molecule has 0 aliphatic rings. The van der Waals surface area contributed by atoms with E-state index in [4.69, 9.17) is 11.0 Å². The highest BCUT2D eigenvalue weighted by Crippen LogP contribution is 2.27. The summed E-state index contributed by atoms with van der Waals surface area (Å²) in [7, 11) is 0. The van der Waals surface area contributed by atoms with Gasteiger partial charge in [0.25, 0.3) is 0 Å². The molecule has 0 amide bonds. The van der Waals surface area contributed by atoms with Crippen molar-refractivity contribution in [2.45, 2.75) is 6.42 Å². The van der Waals surface area contributed by atoms with Crippen LogP contribution in [-0.4, -0.2) is 0 Å².